The fourth-order valence-electron chi connectivity index (χ4n) is 2.72. The minimum absolute atomic E-state index is 0.423. The van der Waals surface area contributed by atoms with Gasteiger partial charge in [0.25, 0.3) is 0 Å². The Morgan fingerprint density at radius 2 is 1.73 bits per heavy atom. The number of anilines is 1. The molecule has 4 rings (SSSR count). The van der Waals surface area contributed by atoms with Crippen molar-refractivity contribution in [1.29, 1.82) is 0 Å². The first-order chi connectivity index (χ1) is 10.6. The first-order valence-electron chi connectivity index (χ1n) is 6.95. The fraction of sp³-hybridized carbons (Fsp3) is 0.0556. The average Bonchev–Trinajstić information content (AvgIpc) is 2.83. The molecule has 0 saturated heterocycles. The number of aryl methyl sites for hydroxylation is 1. The molecule has 0 atom stereocenters. The van der Waals surface area contributed by atoms with E-state index in [0.29, 0.717) is 28.2 Å². The Balaban J connectivity index is 2.12. The SMILES string of the molecule is Cc1ccc2c(-c3oc4ccccc4c3N)cc(=O)oc2c1. The minimum atomic E-state index is -0.423. The molecular formula is C18H13NO3. The summed E-state index contributed by atoms with van der Waals surface area (Å²) in [6.07, 6.45) is 0. The van der Waals surface area contributed by atoms with Gasteiger partial charge >= 0.3 is 5.63 Å². The number of rotatable bonds is 1. The van der Waals surface area contributed by atoms with Crippen molar-refractivity contribution in [1.82, 2.24) is 0 Å². The second-order valence-corrected chi connectivity index (χ2v) is 5.32. The molecule has 0 saturated carbocycles. The standard InChI is InChI=1S/C18H13NO3/c1-10-6-7-11-13(9-16(20)21-15(11)8-10)18-17(19)12-4-2-3-5-14(12)22-18/h2-9H,19H2,1H3. The van der Waals surface area contributed by atoms with Gasteiger partial charge in [0, 0.05) is 22.4 Å². The van der Waals surface area contributed by atoms with E-state index in [1.165, 1.54) is 6.07 Å². The van der Waals surface area contributed by atoms with Crippen LogP contribution in [-0.4, -0.2) is 0 Å². The molecule has 22 heavy (non-hydrogen) atoms. The van der Waals surface area contributed by atoms with Gasteiger partial charge in [0.15, 0.2) is 5.76 Å². The Labute approximate surface area is 125 Å². The van der Waals surface area contributed by atoms with Gasteiger partial charge in [-0.05, 0) is 30.7 Å². The van der Waals surface area contributed by atoms with Gasteiger partial charge < -0.3 is 14.6 Å². The second kappa shape index (κ2) is 4.49. The molecule has 2 heterocycles. The summed E-state index contributed by atoms with van der Waals surface area (Å²) in [7, 11) is 0. The third-order valence-corrected chi connectivity index (χ3v) is 3.78. The number of nitrogen functional groups attached to an aromatic ring is 1. The third-order valence-electron chi connectivity index (χ3n) is 3.78. The number of furan rings is 1. The van der Waals surface area contributed by atoms with Gasteiger partial charge in [0.2, 0.25) is 0 Å². The molecule has 0 bridgehead atoms. The first kappa shape index (κ1) is 12.7. The molecule has 108 valence electrons. The van der Waals surface area contributed by atoms with E-state index in [0.717, 1.165) is 16.3 Å². The van der Waals surface area contributed by atoms with Crippen LogP contribution in [0.15, 0.2) is 62.2 Å². The van der Waals surface area contributed by atoms with Crippen LogP contribution in [-0.2, 0) is 0 Å². The van der Waals surface area contributed by atoms with Crippen molar-refractivity contribution in [2.24, 2.45) is 0 Å². The quantitative estimate of drug-likeness (QED) is 0.536. The Kier molecular flexibility index (Phi) is 2.60. The van der Waals surface area contributed by atoms with Crippen LogP contribution in [0.4, 0.5) is 5.69 Å². The van der Waals surface area contributed by atoms with E-state index in [9.17, 15) is 4.79 Å². The number of nitrogens with two attached hydrogens (primary N) is 1. The highest BCUT2D eigenvalue weighted by atomic mass is 16.4. The zero-order valence-corrected chi connectivity index (χ0v) is 11.9. The van der Waals surface area contributed by atoms with Crippen LogP contribution in [0.3, 0.4) is 0 Å². The molecule has 4 heteroatoms. The van der Waals surface area contributed by atoms with E-state index in [4.69, 9.17) is 14.6 Å². The smallest absolute Gasteiger partial charge is 0.336 e. The Morgan fingerprint density at radius 1 is 0.909 bits per heavy atom. The van der Waals surface area contributed by atoms with Crippen LogP contribution in [0.25, 0.3) is 33.3 Å². The maximum Gasteiger partial charge on any atom is 0.336 e. The highest BCUT2D eigenvalue weighted by molar-refractivity contribution is 6.02. The van der Waals surface area contributed by atoms with E-state index in [2.05, 4.69) is 0 Å². The van der Waals surface area contributed by atoms with Crippen molar-refractivity contribution < 1.29 is 8.83 Å². The summed E-state index contributed by atoms with van der Waals surface area (Å²) >= 11 is 0. The number of benzene rings is 2. The maximum absolute atomic E-state index is 11.9. The lowest BCUT2D eigenvalue weighted by molar-refractivity contribution is 0.559. The molecule has 0 fully saturated rings. The topological polar surface area (TPSA) is 69.4 Å². The first-order valence-corrected chi connectivity index (χ1v) is 6.95. The van der Waals surface area contributed by atoms with Crippen molar-refractivity contribution in [3.8, 4) is 11.3 Å². The molecule has 0 aliphatic heterocycles. The maximum atomic E-state index is 11.9. The van der Waals surface area contributed by atoms with Gasteiger partial charge in [-0.15, -0.1) is 0 Å². The van der Waals surface area contributed by atoms with Crippen LogP contribution in [0.5, 0.6) is 0 Å². The summed E-state index contributed by atoms with van der Waals surface area (Å²) in [6, 6.07) is 14.7. The molecule has 2 N–H and O–H groups in total. The van der Waals surface area contributed by atoms with Crippen molar-refractivity contribution in [3.05, 3.63) is 64.5 Å². The van der Waals surface area contributed by atoms with Gasteiger partial charge in [-0.2, -0.15) is 0 Å². The minimum Gasteiger partial charge on any atom is -0.454 e. The van der Waals surface area contributed by atoms with Crippen molar-refractivity contribution >= 4 is 27.6 Å². The number of para-hydroxylation sites is 1. The fourth-order valence-corrected chi connectivity index (χ4v) is 2.72. The Bertz CT molecular complexity index is 1070. The summed E-state index contributed by atoms with van der Waals surface area (Å²) in [5, 5.41) is 1.64. The van der Waals surface area contributed by atoms with E-state index in [1.807, 2.05) is 49.4 Å². The van der Waals surface area contributed by atoms with Crippen molar-refractivity contribution in [2.45, 2.75) is 6.92 Å². The summed E-state index contributed by atoms with van der Waals surface area (Å²) in [5.74, 6) is 0.503. The average molecular weight is 291 g/mol. The predicted octanol–water partition coefficient (Wildman–Crippen LogP) is 4.10. The lowest BCUT2D eigenvalue weighted by Gasteiger charge is -2.04. The van der Waals surface area contributed by atoms with E-state index >= 15 is 0 Å². The van der Waals surface area contributed by atoms with E-state index < -0.39 is 5.63 Å². The van der Waals surface area contributed by atoms with Gasteiger partial charge in [-0.25, -0.2) is 4.79 Å². The van der Waals surface area contributed by atoms with Crippen LogP contribution in [0.1, 0.15) is 5.56 Å². The van der Waals surface area contributed by atoms with Crippen molar-refractivity contribution in [2.75, 3.05) is 5.73 Å². The molecule has 4 nitrogen and oxygen atoms in total. The third kappa shape index (κ3) is 1.81. The molecule has 4 aromatic rings. The molecule has 0 spiro atoms. The van der Waals surface area contributed by atoms with Crippen LogP contribution in [0.2, 0.25) is 0 Å². The molecule has 0 unspecified atom stereocenters. The summed E-state index contributed by atoms with van der Waals surface area (Å²) < 4.78 is 11.2. The normalized spacial score (nSPS) is 11.3. The van der Waals surface area contributed by atoms with Crippen LogP contribution >= 0.6 is 0 Å². The lowest BCUT2D eigenvalue weighted by Crippen LogP contribution is -1.99. The number of fused-ring (bicyclic) bond motifs is 2. The van der Waals surface area contributed by atoms with E-state index in [1.54, 1.807) is 0 Å². The van der Waals surface area contributed by atoms with Crippen LogP contribution in [0, 0.1) is 6.92 Å². The highest BCUT2D eigenvalue weighted by Crippen LogP contribution is 2.38. The predicted molar refractivity (Wildman–Crippen MR) is 86.8 cm³/mol. The summed E-state index contributed by atoms with van der Waals surface area (Å²) in [5.41, 5.74) is 9.22. The molecular weight excluding hydrogens is 278 g/mol. The Morgan fingerprint density at radius 3 is 2.55 bits per heavy atom. The molecule has 0 radical (unpaired) electrons. The number of hydrogen-bond donors (Lipinski definition) is 1. The van der Waals surface area contributed by atoms with Crippen LogP contribution < -0.4 is 11.4 Å². The van der Waals surface area contributed by atoms with Crippen molar-refractivity contribution in [3.63, 3.8) is 0 Å². The molecule has 2 aromatic heterocycles. The van der Waals surface area contributed by atoms with E-state index in [-0.39, 0.29) is 0 Å². The molecule has 2 aromatic carbocycles. The molecule has 0 aliphatic rings. The Hall–Kier alpha value is -3.01. The lowest BCUT2D eigenvalue weighted by atomic mass is 10.0. The highest BCUT2D eigenvalue weighted by Gasteiger charge is 2.17. The van der Waals surface area contributed by atoms with Gasteiger partial charge in [0.05, 0.1) is 5.69 Å². The monoisotopic (exact) mass is 291 g/mol. The zero-order valence-electron chi connectivity index (χ0n) is 11.9. The van der Waals surface area contributed by atoms with Gasteiger partial charge in [0.1, 0.15) is 11.2 Å². The molecule has 0 amide bonds. The zero-order chi connectivity index (χ0) is 15.3. The molecule has 0 aliphatic carbocycles. The number of hydrogen-bond acceptors (Lipinski definition) is 4. The summed E-state index contributed by atoms with van der Waals surface area (Å²) in [4.78, 5) is 11.9. The second-order valence-electron chi connectivity index (χ2n) is 5.32. The largest absolute Gasteiger partial charge is 0.454 e. The van der Waals surface area contributed by atoms with Gasteiger partial charge in [-0.1, -0.05) is 24.3 Å². The van der Waals surface area contributed by atoms with Gasteiger partial charge in [-0.3, -0.25) is 0 Å². The summed E-state index contributed by atoms with van der Waals surface area (Å²) in [6.45, 7) is 1.95.